The number of benzene rings is 1. The highest BCUT2D eigenvalue weighted by Crippen LogP contribution is 2.18. The van der Waals surface area contributed by atoms with Gasteiger partial charge >= 0.3 is 6.03 Å². The number of carbonyl (C=O) groups is 1. The van der Waals surface area contributed by atoms with Gasteiger partial charge in [-0.15, -0.1) is 11.3 Å². The zero-order valence-corrected chi connectivity index (χ0v) is 13.9. The van der Waals surface area contributed by atoms with E-state index in [1.165, 1.54) is 24.3 Å². The number of amides is 2. The van der Waals surface area contributed by atoms with Crippen LogP contribution in [0.1, 0.15) is 10.4 Å². The van der Waals surface area contributed by atoms with Crippen molar-refractivity contribution in [2.75, 3.05) is 12.4 Å². The summed E-state index contributed by atoms with van der Waals surface area (Å²) in [5, 5.41) is 9.72. The Bertz CT molecular complexity index is 767. The Morgan fingerprint density at radius 2 is 1.91 bits per heavy atom. The van der Waals surface area contributed by atoms with Crippen LogP contribution >= 0.6 is 11.3 Å². The summed E-state index contributed by atoms with van der Waals surface area (Å²) in [5.41, 5.74) is 1.66. The van der Waals surface area contributed by atoms with Gasteiger partial charge in [0.25, 0.3) is 0 Å². The summed E-state index contributed by atoms with van der Waals surface area (Å²) >= 11 is 1.60. The molecule has 0 fully saturated rings. The molecular formula is C14H17N3O3S2. The summed E-state index contributed by atoms with van der Waals surface area (Å²) in [4.78, 5) is 14.8. The maximum absolute atomic E-state index is 12.1. The molecular weight excluding hydrogens is 322 g/mol. The molecule has 0 aliphatic carbocycles. The molecule has 0 unspecified atom stereocenters. The molecule has 0 saturated carbocycles. The molecule has 2 aromatic rings. The van der Waals surface area contributed by atoms with E-state index in [-0.39, 0.29) is 10.9 Å². The van der Waals surface area contributed by atoms with Crippen molar-refractivity contribution < 1.29 is 13.2 Å². The van der Waals surface area contributed by atoms with Gasteiger partial charge in [0.15, 0.2) is 0 Å². The van der Waals surface area contributed by atoms with Crippen LogP contribution in [0, 0.1) is 6.92 Å². The van der Waals surface area contributed by atoms with Crippen LogP contribution in [0.25, 0.3) is 0 Å². The summed E-state index contributed by atoms with van der Waals surface area (Å²) in [7, 11) is -2.02. The summed E-state index contributed by atoms with van der Waals surface area (Å²) in [6.07, 6.45) is 0. The predicted molar refractivity (Wildman–Crippen MR) is 87.4 cm³/mol. The van der Waals surface area contributed by atoms with E-state index in [4.69, 9.17) is 5.14 Å². The van der Waals surface area contributed by atoms with Gasteiger partial charge in [0.05, 0.1) is 11.4 Å². The first-order valence-electron chi connectivity index (χ1n) is 6.45. The number of rotatable bonds is 4. The average Bonchev–Trinajstić information content (AvgIpc) is 2.84. The summed E-state index contributed by atoms with van der Waals surface area (Å²) < 4.78 is 22.3. The highest BCUT2D eigenvalue weighted by molar-refractivity contribution is 7.89. The fourth-order valence-corrected chi connectivity index (χ4v) is 3.27. The van der Waals surface area contributed by atoms with Crippen LogP contribution in [-0.2, 0) is 16.6 Å². The second kappa shape index (κ2) is 6.47. The molecule has 6 nitrogen and oxygen atoms in total. The number of nitrogens with zero attached hydrogens (tertiary/aromatic N) is 1. The van der Waals surface area contributed by atoms with Gasteiger partial charge in [-0.1, -0.05) is 0 Å². The van der Waals surface area contributed by atoms with Crippen LogP contribution in [0.2, 0.25) is 0 Å². The zero-order valence-electron chi connectivity index (χ0n) is 12.2. The lowest BCUT2D eigenvalue weighted by Crippen LogP contribution is -2.30. The Balaban J connectivity index is 2.01. The maximum atomic E-state index is 12.1. The largest absolute Gasteiger partial charge is 0.322 e. The van der Waals surface area contributed by atoms with Crippen LogP contribution in [0.4, 0.5) is 10.5 Å². The smallest absolute Gasteiger partial charge is 0.321 e. The van der Waals surface area contributed by atoms with Gasteiger partial charge in [-0.25, -0.2) is 18.4 Å². The van der Waals surface area contributed by atoms with E-state index in [0.29, 0.717) is 12.2 Å². The molecule has 1 aromatic heterocycles. The lowest BCUT2D eigenvalue weighted by Gasteiger charge is -2.17. The Hall–Kier alpha value is -1.90. The van der Waals surface area contributed by atoms with Gasteiger partial charge in [0, 0.05) is 17.6 Å². The number of nitrogens with two attached hydrogens (primary N) is 1. The Morgan fingerprint density at radius 3 is 2.41 bits per heavy atom. The summed E-state index contributed by atoms with van der Waals surface area (Å²) in [6.45, 7) is 2.52. The number of hydrogen-bond acceptors (Lipinski definition) is 4. The molecule has 2 rings (SSSR count). The molecule has 118 valence electrons. The Morgan fingerprint density at radius 1 is 1.27 bits per heavy atom. The maximum Gasteiger partial charge on any atom is 0.321 e. The lowest BCUT2D eigenvalue weighted by molar-refractivity contribution is 0.221. The van der Waals surface area contributed by atoms with Gasteiger partial charge < -0.3 is 10.2 Å². The van der Waals surface area contributed by atoms with Crippen LogP contribution in [0.5, 0.6) is 0 Å². The van der Waals surface area contributed by atoms with E-state index in [9.17, 15) is 13.2 Å². The third-order valence-electron chi connectivity index (χ3n) is 3.13. The van der Waals surface area contributed by atoms with Gasteiger partial charge in [0.1, 0.15) is 0 Å². The van der Waals surface area contributed by atoms with E-state index >= 15 is 0 Å². The van der Waals surface area contributed by atoms with E-state index in [2.05, 4.69) is 5.32 Å². The summed E-state index contributed by atoms with van der Waals surface area (Å²) in [6, 6.07) is 7.46. The standard InChI is InChI=1S/C14H17N3O3S2/c1-10-7-8-21-13(10)9-17(2)14(18)16-11-3-5-12(6-4-11)22(15,19)20/h3-8H,9H2,1-2H3,(H,16,18)(H2,15,19,20). The van der Waals surface area contributed by atoms with Crippen LogP contribution in [0.3, 0.4) is 0 Å². The van der Waals surface area contributed by atoms with Crippen molar-refractivity contribution in [3.05, 3.63) is 46.2 Å². The number of urea groups is 1. The number of anilines is 1. The van der Waals surface area contributed by atoms with Crippen molar-refractivity contribution in [1.29, 1.82) is 0 Å². The van der Waals surface area contributed by atoms with Crippen LogP contribution < -0.4 is 10.5 Å². The van der Waals surface area contributed by atoms with Crippen molar-refractivity contribution in [3.8, 4) is 0 Å². The molecule has 0 aliphatic rings. The van der Waals surface area contributed by atoms with Crippen molar-refractivity contribution in [3.63, 3.8) is 0 Å². The van der Waals surface area contributed by atoms with Crippen LogP contribution in [0.15, 0.2) is 40.6 Å². The SMILES string of the molecule is Cc1ccsc1CN(C)C(=O)Nc1ccc(S(N)(=O)=O)cc1. The monoisotopic (exact) mass is 339 g/mol. The lowest BCUT2D eigenvalue weighted by atomic mass is 10.3. The molecule has 0 spiro atoms. The third kappa shape index (κ3) is 4.06. The minimum Gasteiger partial charge on any atom is -0.322 e. The molecule has 8 heteroatoms. The van der Waals surface area contributed by atoms with E-state index in [0.717, 1.165) is 10.4 Å². The molecule has 0 bridgehead atoms. The Labute approximate surface area is 133 Å². The predicted octanol–water partition coefficient (Wildman–Crippen LogP) is 2.37. The second-order valence-corrected chi connectivity index (χ2v) is 7.44. The molecule has 0 atom stereocenters. The molecule has 0 saturated heterocycles. The Kier molecular flexibility index (Phi) is 4.84. The molecule has 22 heavy (non-hydrogen) atoms. The number of primary sulfonamides is 1. The van der Waals surface area contributed by atoms with Gasteiger partial charge in [0.2, 0.25) is 10.0 Å². The fraction of sp³-hybridized carbons (Fsp3) is 0.214. The molecule has 2 amide bonds. The van der Waals surface area contributed by atoms with Crippen molar-refractivity contribution in [2.45, 2.75) is 18.4 Å². The fourth-order valence-electron chi connectivity index (χ4n) is 1.80. The highest BCUT2D eigenvalue weighted by Gasteiger charge is 2.12. The molecule has 3 N–H and O–H groups in total. The first-order chi connectivity index (χ1) is 10.3. The second-order valence-electron chi connectivity index (χ2n) is 4.88. The normalized spacial score (nSPS) is 11.2. The van der Waals surface area contributed by atoms with E-state index in [1.54, 1.807) is 23.3 Å². The van der Waals surface area contributed by atoms with E-state index < -0.39 is 10.0 Å². The number of thiophene rings is 1. The van der Waals surface area contributed by atoms with Gasteiger partial charge in [-0.05, 0) is 48.2 Å². The molecule has 1 aromatic carbocycles. The average molecular weight is 339 g/mol. The zero-order chi connectivity index (χ0) is 16.3. The van der Waals surface area contributed by atoms with Gasteiger partial charge in [-0.3, -0.25) is 0 Å². The number of carbonyl (C=O) groups excluding carboxylic acids is 1. The number of aryl methyl sites for hydroxylation is 1. The molecule has 0 radical (unpaired) electrons. The van der Waals surface area contributed by atoms with E-state index in [1.807, 2.05) is 18.4 Å². The van der Waals surface area contributed by atoms with Crippen molar-refractivity contribution in [1.82, 2.24) is 4.90 Å². The summed E-state index contributed by atoms with van der Waals surface area (Å²) in [5.74, 6) is 0. The van der Waals surface area contributed by atoms with Crippen molar-refractivity contribution >= 4 is 33.1 Å². The first-order valence-corrected chi connectivity index (χ1v) is 8.88. The minimum absolute atomic E-state index is 0.00747. The van der Waals surface area contributed by atoms with Gasteiger partial charge in [-0.2, -0.15) is 0 Å². The third-order valence-corrected chi connectivity index (χ3v) is 5.07. The number of sulfonamides is 1. The molecule has 0 aliphatic heterocycles. The number of nitrogens with one attached hydrogen (secondary N) is 1. The van der Waals surface area contributed by atoms with Crippen LogP contribution in [-0.4, -0.2) is 26.4 Å². The highest BCUT2D eigenvalue weighted by atomic mass is 32.2. The topological polar surface area (TPSA) is 92.5 Å². The minimum atomic E-state index is -3.73. The number of hydrogen-bond donors (Lipinski definition) is 2. The molecule has 1 heterocycles. The quantitative estimate of drug-likeness (QED) is 0.895. The van der Waals surface area contributed by atoms with Crippen molar-refractivity contribution in [2.24, 2.45) is 5.14 Å². The first kappa shape index (κ1) is 16.5.